The lowest BCUT2D eigenvalue weighted by atomic mass is 9.78. The van der Waals surface area contributed by atoms with Crippen LogP contribution in [-0.4, -0.2) is 18.6 Å². The van der Waals surface area contributed by atoms with Gasteiger partial charge >= 0.3 is 0 Å². The first-order chi connectivity index (χ1) is 9.02. The standard InChI is InChI=1S/C17H28N2/c1-5-14-9-6-8-13(2)16(14)19-11-7-10-15(12-18)17(19,3)4/h6,8-9,15H,5,7,10-12,18H2,1-4H3. The van der Waals surface area contributed by atoms with Gasteiger partial charge in [0.15, 0.2) is 0 Å². The minimum Gasteiger partial charge on any atom is -0.366 e. The van der Waals surface area contributed by atoms with Crippen molar-refractivity contribution in [2.24, 2.45) is 11.7 Å². The summed E-state index contributed by atoms with van der Waals surface area (Å²) in [5.74, 6) is 0.588. The molecule has 0 aliphatic carbocycles. The van der Waals surface area contributed by atoms with Gasteiger partial charge in [0.2, 0.25) is 0 Å². The van der Waals surface area contributed by atoms with E-state index in [1.807, 2.05) is 0 Å². The summed E-state index contributed by atoms with van der Waals surface area (Å²) in [7, 11) is 0. The number of rotatable bonds is 3. The number of anilines is 1. The van der Waals surface area contributed by atoms with Crippen molar-refractivity contribution >= 4 is 5.69 Å². The molecule has 2 nitrogen and oxygen atoms in total. The molecule has 19 heavy (non-hydrogen) atoms. The van der Waals surface area contributed by atoms with Gasteiger partial charge in [-0.15, -0.1) is 0 Å². The SMILES string of the molecule is CCc1cccc(C)c1N1CCCC(CN)C1(C)C. The van der Waals surface area contributed by atoms with E-state index in [0.717, 1.165) is 19.5 Å². The van der Waals surface area contributed by atoms with E-state index < -0.39 is 0 Å². The zero-order valence-corrected chi connectivity index (χ0v) is 12.9. The lowest BCUT2D eigenvalue weighted by molar-refractivity contribution is 0.244. The fourth-order valence-electron chi connectivity index (χ4n) is 3.56. The summed E-state index contributed by atoms with van der Waals surface area (Å²) in [5.41, 5.74) is 10.5. The largest absolute Gasteiger partial charge is 0.366 e. The first kappa shape index (κ1) is 14.4. The predicted octanol–water partition coefficient (Wildman–Crippen LogP) is 3.51. The lowest BCUT2D eigenvalue weighted by Crippen LogP contribution is -2.56. The summed E-state index contributed by atoms with van der Waals surface area (Å²) in [6, 6.07) is 6.68. The molecule has 2 heteroatoms. The Labute approximate surface area is 118 Å². The molecule has 0 aromatic heterocycles. The second-order valence-electron chi connectivity index (χ2n) is 6.32. The van der Waals surface area contributed by atoms with E-state index in [0.29, 0.717) is 5.92 Å². The van der Waals surface area contributed by atoms with Gasteiger partial charge in [0.05, 0.1) is 0 Å². The highest BCUT2D eigenvalue weighted by Gasteiger charge is 2.38. The molecule has 1 atom stereocenters. The van der Waals surface area contributed by atoms with Gasteiger partial charge in [-0.1, -0.05) is 25.1 Å². The van der Waals surface area contributed by atoms with Gasteiger partial charge in [-0.2, -0.15) is 0 Å². The van der Waals surface area contributed by atoms with Crippen LogP contribution in [0.15, 0.2) is 18.2 Å². The van der Waals surface area contributed by atoms with E-state index in [2.05, 4.69) is 50.8 Å². The van der Waals surface area contributed by atoms with Crippen LogP contribution in [0.5, 0.6) is 0 Å². The molecule has 1 fully saturated rings. The zero-order valence-electron chi connectivity index (χ0n) is 12.9. The molecule has 1 aliphatic heterocycles. The Morgan fingerprint density at radius 2 is 2.11 bits per heavy atom. The Balaban J connectivity index is 2.45. The summed E-state index contributed by atoms with van der Waals surface area (Å²) >= 11 is 0. The monoisotopic (exact) mass is 260 g/mol. The summed E-state index contributed by atoms with van der Waals surface area (Å²) in [4.78, 5) is 2.61. The van der Waals surface area contributed by atoms with Crippen LogP contribution < -0.4 is 10.6 Å². The molecule has 1 unspecified atom stereocenters. The molecule has 0 amide bonds. The summed E-state index contributed by atoms with van der Waals surface area (Å²) in [6.07, 6.45) is 3.60. The maximum atomic E-state index is 6.00. The van der Waals surface area contributed by atoms with Crippen molar-refractivity contribution in [2.75, 3.05) is 18.0 Å². The molecular weight excluding hydrogens is 232 g/mol. The van der Waals surface area contributed by atoms with Gasteiger partial charge in [0.1, 0.15) is 0 Å². The lowest BCUT2D eigenvalue weighted by Gasteiger charge is -2.50. The molecule has 0 radical (unpaired) electrons. The maximum Gasteiger partial charge on any atom is 0.0432 e. The van der Waals surface area contributed by atoms with Crippen LogP contribution in [0.1, 0.15) is 44.7 Å². The predicted molar refractivity (Wildman–Crippen MR) is 83.8 cm³/mol. The molecule has 1 aromatic carbocycles. The van der Waals surface area contributed by atoms with Crippen LogP contribution in [0.25, 0.3) is 0 Å². The van der Waals surface area contributed by atoms with Crippen LogP contribution in [-0.2, 0) is 6.42 Å². The Morgan fingerprint density at radius 3 is 2.74 bits per heavy atom. The minimum absolute atomic E-state index is 0.156. The molecule has 1 heterocycles. The highest BCUT2D eigenvalue weighted by Crippen LogP contribution is 2.39. The number of benzene rings is 1. The van der Waals surface area contributed by atoms with Gasteiger partial charge in [-0.05, 0) is 63.6 Å². The molecule has 0 saturated carbocycles. The third-order valence-corrected chi connectivity index (χ3v) is 4.89. The molecule has 1 saturated heterocycles. The van der Waals surface area contributed by atoms with Gasteiger partial charge in [0.25, 0.3) is 0 Å². The van der Waals surface area contributed by atoms with Gasteiger partial charge in [-0.3, -0.25) is 0 Å². The number of hydrogen-bond acceptors (Lipinski definition) is 2. The number of nitrogens with zero attached hydrogens (tertiary/aromatic N) is 1. The van der Waals surface area contributed by atoms with Crippen molar-refractivity contribution < 1.29 is 0 Å². The van der Waals surface area contributed by atoms with Crippen LogP contribution in [0.4, 0.5) is 5.69 Å². The van der Waals surface area contributed by atoms with Crippen molar-refractivity contribution in [1.82, 2.24) is 0 Å². The average Bonchev–Trinajstić information content (AvgIpc) is 2.38. The Bertz CT molecular complexity index is 437. The highest BCUT2D eigenvalue weighted by atomic mass is 15.2. The molecule has 106 valence electrons. The fraction of sp³-hybridized carbons (Fsp3) is 0.647. The van der Waals surface area contributed by atoms with E-state index in [-0.39, 0.29) is 5.54 Å². The van der Waals surface area contributed by atoms with Crippen molar-refractivity contribution in [1.29, 1.82) is 0 Å². The molecule has 0 bridgehead atoms. The molecule has 2 rings (SSSR count). The van der Waals surface area contributed by atoms with E-state index >= 15 is 0 Å². The molecule has 1 aromatic rings. The second-order valence-corrected chi connectivity index (χ2v) is 6.32. The average molecular weight is 260 g/mol. The molecular formula is C17H28N2. The van der Waals surface area contributed by atoms with Crippen molar-refractivity contribution in [2.45, 2.75) is 52.5 Å². The third kappa shape index (κ3) is 2.51. The van der Waals surface area contributed by atoms with E-state index in [1.54, 1.807) is 0 Å². The van der Waals surface area contributed by atoms with Gasteiger partial charge in [0, 0.05) is 17.8 Å². The molecule has 1 aliphatic rings. The number of hydrogen-bond donors (Lipinski definition) is 1. The van der Waals surface area contributed by atoms with Crippen LogP contribution in [0, 0.1) is 12.8 Å². The van der Waals surface area contributed by atoms with Crippen molar-refractivity contribution in [3.63, 3.8) is 0 Å². The highest BCUT2D eigenvalue weighted by molar-refractivity contribution is 5.61. The van der Waals surface area contributed by atoms with Crippen LogP contribution >= 0.6 is 0 Å². The Kier molecular flexibility index (Phi) is 4.19. The number of nitrogens with two attached hydrogens (primary N) is 1. The first-order valence-electron chi connectivity index (χ1n) is 7.58. The summed E-state index contributed by atoms with van der Waals surface area (Å²) in [6.45, 7) is 11.1. The van der Waals surface area contributed by atoms with Crippen molar-refractivity contribution in [3.8, 4) is 0 Å². The Hall–Kier alpha value is -1.02. The summed E-state index contributed by atoms with van der Waals surface area (Å²) in [5, 5.41) is 0. The molecule has 2 N–H and O–H groups in total. The smallest absolute Gasteiger partial charge is 0.0432 e. The van der Waals surface area contributed by atoms with Crippen LogP contribution in [0.2, 0.25) is 0 Å². The number of aryl methyl sites for hydroxylation is 2. The third-order valence-electron chi connectivity index (χ3n) is 4.89. The number of piperidine rings is 1. The minimum atomic E-state index is 0.156. The fourth-order valence-corrected chi connectivity index (χ4v) is 3.56. The van der Waals surface area contributed by atoms with Crippen LogP contribution in [0.3, 0.4) is 0 Å². The second kappa shape index (κ2) is 5.54. The first-order valence-corrected chi connectivity index (χ1v) is 7.58. The topological polar surface area (TPSA) is 29.3 Å². The van der Waals surface area contributed by atoms with E-state index in [9.17, 15) is 0 Å². The zero-order chi connectivity index (χ0) is 14.0. The summed E-state index contributed by atoms with van der Waals surface area (Å²) < 4.78 is 0. The van der Waals surface area contributed by atoms with Crippen molar-refractivity contribution in [3.05, 3.63) is 29.3 Å². The Morgan fingerprint density at radius 1 is 1.37 bits per heavy atom. The van der Waals surface area contributed by atoms with Gasteiger partial charge in [-0.25, -0.2) is 0 Å². The quantitative estimate of drug-likeness (QED) is 0.901. The maximum absolute atomic E-state index is 6.00. The van der Waals surface area contributed by atoms with Gasteiger partial charge < -0.3 is 10.6 Å². The van der Waals surface area contributed by atoms with E-state index in [1.165, 1.54) is 29.7 Å². The molecule has 0 spiro atoms. The number of para-hydroxylation sites is 1. The van der Waals surface area contributed by atoms with E-state index in [4.69, 9.17) is 5.73 Å². The normalized spacial score (nSPS) is 22.6.